The second-order valence-corrected chi connectivity index (χ2v) is 5.30. The lowest BCUT2D eigenvalue weighted by Gasteiger charge is -2.27. The summed E-state index contributed by atoms with van der Waals surface area (Å²) in [6.45, 7) is 1.97. The highest BCUT2D eigenvalue weighted by atomic mass is 79.9. The van der Waals surface area contributed by atoms with Crippen LogP contribution in [0.15, 0.2) is 0 Å². The van der Waals surface area contributed by atoms with Crippen LogP contribution in [-0.2, 0) is 4.79 Å². The summed E-state index contributed by atoms with van der Waals surface area (Å²) in [5, 5.41) is 1.04. The summed E-state index contributed by atoms with van der Waals surface area (Å²) in [6, 6.07) is 0. The summed E-state index contributed by atoms with van der Waals surface area (Å²) in [5.41, 5.74) is 0. The number of rotatable bonds is 3. The molecule has 1 heterocycles. The van der Waals surface area contributed by atoms with Gasteiger partial charge in [0.1, 0.15) is 0 Å². The Kier molecular flexibility index (Phi) is 3.47. The molecule has 0 aromatic heterocycles. The number of hydrogen-bond donors (Lipinski definition) is 0. The standard InChI is InChI=1S/C11H18BrNO/c12-7-10-4-5-13(8-10)11(14)6-9-2-1-3-9/h9-10H,1-8H2. The number of likely N-dealkylation sites (tertiary alicyclic amines) is 1. The SMILES string of the molecule is O=C(CC1CCC1)N1CCC(CBr)C1. The van der Waals surface area contributed by atoms with Gasteiger partial charge in [0.25, 0.3) is 0 Å². The minimum Gasteiger partial charge on any atom is -0.342 e. The van der Waals surface area contributed by atoms with Gasteiger partial charge in [0, 0.05) is 24.8 Å². The second-order valence-electron chi connectivity index (χ2n) is 4.65. The first-order chi connectivity index (χ1) is 6.79. The lowest BCUT2D eigenvalue weighted by atomic mass is 9.83. The topological polar surface area (TPSA) is 20.3 Å². The number of carbonyl (C=O) groups excluding carboxylic acids is 1. The summed E-state index contributed by atoms with van der Waals surface area (Å²) in [5.74, 6) is 1.81. The van der Waals surface area contributed by atoms with Crippen molar-refractivity contribution in [3.8, 4) is 0 Å². The van der Waals surface area contributed by atoms with Crippen molar-refractivity contribution in [2.45, 2.75) is 32.1 Å². The van der Waals surface area contributed by atoms with Crippen molar-refractivity contribution in [1.29, 1.82) is 0 Å². The van der Waals surface area contributed by atoms with Crippen molar-refractivity contribution in [2.75, 3.05) is 18.4 Å². The van der Waals surface area contributed by atoms with E-state index in [9.17, 15) is 4.79 Å². The van der Waals surface area contributed by atoms with Gasteiger partial charge in [0.05, 0.1) is 0 Å². The van der Waals surface area contributed by atoms with Crippen molar-refractivity contribution >= 4 is 21.8 Å². The van der Waals surface area contributed by atoms with Crippen LogP contribution in [0.25, 0.3) is 0 Å². The van der Waals surface area contributed by atoms with E-state index in [0.29, 0.717) is 17.7 Å². The third kappa shape index (κ3) is 2.30. The molecule has 14 heavy (non-hydrogen) atoms. The Morgan fingerprint density at radius 2 is 2.07 bits per heavy atom. The quantitative estimate of drug-likeness (QED) is 0.714. The molecular formula is C11H18BrNO. The molecule has 1 saturated heterocycles. The molecule has 0 bridgehead atoms. The van der Waals surface area contributed by atoms with Crippen molar-refractivity contribution in [3.63, 3.8) is 0 Å². The average molecular weight is 260 g/mol. The van der Waals surface area contributed by atoms with Gasteiger partial charge in [-0.3, -0.25) is 4.79 Å². The van der Waals surface area contributed by atoms with Gasteiger partial charge in [0.2, 0.25) is 5.91 Å². The van der Waals surface area contributed by atoms with Crippen LogP contribution in [0.5, 0.6) is 0 Å². The second kappa shape index (κ2) is 4.65. The van der Waals surface area contributed by atoms with Crippen LogP contribution in [0.3, 0.4) is 0 Å². The molecule has 1 amide bonds. The lowest BCUT2D eigenvalue weighted by Crippen LogP contribution is -2.31. The Morgan fingerprint density at radius 3 is 2.57 bits per heavy atom. The fourth-order valence-electron chi connectivity index (χ4n) is 2.26. The maximum atomic E-state index is 11.8. The molecule has 3 heteroatoms. The minimum atomic E-state index is 0.401. The van der Waals surface area contributed by atoms with Crippen LogP contribution in [0.2, 0.25) is 0 Å². The van der Waals surface area contributed by atoms with Crippen LogP contribution in [0.1, 0.15) is 32.1 Å². The first-order valence-corrected chi connectivity index (χ1v) is 6.75. The molecule has 0 radical (unpaired) electrons. The number of nitrogens with zero attached hydrogens (tertiary/aromatic N) is 1. The van der Waals surface area contributed by atoms with Crippen molar-refractivity contribution in [2.24, 2.45) is 11.8 Å². The number of carbonyl (C=O) groups is 1. The van der Waals surface area contributed by atoms with E-state index in [1.807, 2.05) is 0 Å². The Morgan fingerprint density at radius 1 is 1.29 bits per heavy atom. The Bertz CT molecular complexity index is 215. The van der Waals surface area contributed by atoms with Gasteiger partial charge >= 0.3 is 0 Å². The van der Waals surface area contributed by atoms with Gasteiger partial charge in [-0.2, -0.15) is 0 Å². The van der Waals surface area contributed by atoms with Gasteiger partial charge in [-0.25, -0.2) is 0 Å². The zero-order valence-electron chi connectivity index (χ0n) is 8.54. The zero-order valence-corrected chi connectivity index (χ0v) is 10.1. The number of alkyl halides is 1. The molecule has 2 aliphatic rings. The highest BCUT2D eigenvalue weighted by Gasteiger charge is 2.28. The summed E-state index contributed by atoms with van der Waals surface area (Å²) in [6.07, 6.45) is 5.89. The highest BCUT2D eigenvalue weighted by molar-refractivity contribution is 9.09. The van der Waals surface area contributed by atoms with Crippen LogP contribution < -0.4 is 0 Å². The van der Waals surface area contributed by atoms with E-state index < -0.39 is 0 Å². The Labute approximate surface area is 94.2 Å². The molecule has 1 saturated carbocycles. The van der Waals surface area contributed by atoms with E-state index in [0.717, 1.165) is 24.8 Å². The number of amides is 1. The fourth-order valence-corrected chi connectivity index (χ4v) is 2.79. The Hall–Kier alpha value is -0.0500. The predicted molar refractivity (Wildman–Crippen MR) is 60.4 cm³/mol. The molecule has 0 aromatic rings. The lowest BCUT2D eigenvalue weighted by molar-refractivity contribution is -0.131. The highest BCUT2D eigenvalue weighted by Crippen LogP contribution is 2.30. The maximum Gasteiger partial charge on any atom is 0.222 e. The minimum absolute atomic E-state index is 0.401. The molecule has 2 nitrogen and oxygen atoms in total. The first-order valence-electron chi connectivity index (χ1n) is 5.63. The van der Waals surface area contributed by atoms with E-state index in [2.05, 4.69) is 20.8 Å². The van der Waals surface area contributed by atoms with Gasteiger partial charge in [0.15, 0.2) is 0 Å². The predicted octanol–water partition coefficient (Wildman–Crippen LogP) is 2.42. The number of halogens is 1. The summed E-state index contributed by atoms with van der Waals surface area (Å²) < 4.78 is 0. The van der Waals surface area contributed by atoms with Crippen LogP contribution in [0, 0.1) is 11.8 Å². The molecular weight excluding hydrogens is 242 g/mol. The summed E-state index contributed by atoms with van der Waals surface area (Å²) >= 11 is 3.49. The molecule has 1 atom stereocenters. The normalized spacial score (nSPS) is 27.8. The molecule has 1 aliphatic heterocycles. The molecule has 0 spiro atoms. The van der Waals surface area contributed by atoms with E-state index in [1.54, 1.807) is 0 Å². The van der Waals surface area contributed by atoms with E-state index in [4.69, 9.17) is 0 Å². The van der Waals surface area contributed by atoms with Crippen molar-refractivity contribution in [1.82, 2.24) is 4.90 Å². The molecule has 0 N–H and O–H groups in total. The molecule has 1 unspecified atom stereocenters. The third-order valence-electron chi connectivity index (χ3n) is 3.54. The fraction of sp³-hybridized carbons (Fsp3) is 0.909. The smallest absolute Gasteiger partial charge is 0.222 e. The monoisotopic (exact) mass is 259 g/mol. The van der Waals surface area contributed by atoms with Gasteiger partial charge in [-0.05, 0) is 31.1 Å². The Balaban J connectivity index is 1.74. The zero-order chi connectivity index (χ0) is 9.97. The van der Waals surface area contributed by atoms with Crippen LogP contribution in [0.4, 0.5) is 0 Å². The molecule has 2 rings (SSSR count). The van der Waals surface area contributed by atoms with E-state index in [-0.39, 0.29) is 0 Å². The van der Waals surface area contributed by atoms with Crippen molar-refractivity contribution in [3.05, 3.63) is 0 Å². The third-order valence-corrected chi connectivity index (χ3v) is 4.46. The first kappa shape index (κ1) is 10.5. The van der Waals surface area contributed by atoms with Gasteiger partial charge in [-0.15, -0.1) is 0 Å². The molecule has 0 aromatic carbocycles. The summed E-state index contributed by atoms with van der Waals surface area (Å²) in [4.78, 5) is 13.9. The van der Waals surface area contributed by atoms with E-state index >= 15 is 0 Å². The maximum absolute atomic E-state index is 11.8. The van der Waals surface area contributed by atoms with E-state index in [1.165, 1.54) is 25.7 Å². The summed E-state index contributed by atoms with van der Waals surface area (Å²) in [7, 11) is 0. The number of hydrogen-bond acceptors (Lipinski definition) is 1. The van der Waals surface area contributed by atoms with Crippen LogP contribution in [-0.4, -0.2) is 29.2 Å². The van der Waals surface area contributed by atoms with Crippen molar-refractivity contribution < 1.29 is 4.79 Å². The largest absolute Gasteiger partial charge is 0.342 e. The van der Waals surface area contributed by atoms with Gasteiger partial charge in [-0.1, -0.05) is 22.4 Å². The molecule has 2 fully saturated rings. The molecule has 80 valence electrons. The van der Waals surface area contributed by atoms with Gasteiger partial charge < -0.3 is 4.90 Å². The average Bonchev–Trinajstić information content (AvgIpc) is 2.59. The van der Waals surface area contributed by atoms with Crippen LogP contribution >= 0.6 is 15.9 Å². The molecule has 1 aliphatic carbocycles.